The van der Waals surface area contributed by atoms with E-state index in [2.05, 4.69) is 5.32 Å². The summed E-state index contributed by atoms with van der Waals surface area (Å²) in [6, 6.07) is 19.4. The fourth-order valence-electron chi connectivity index (χ4n) is 3.44. The van der Waals surface area contributed by atoms with Gasteiger partial charge in [0.05, 0.1) is 11.4 Å². The molecular formula is C25H27ClN2O3S. The molecule has 0 bridgehead atoms. The minimum absolute atomic E-state index is 0.0162. The standard InChI is InChI=1S/C25H27ClN2O3S/c1-4-20-10-7-8-19(3)25(20)27-24(29)17-28(16-21-9-5-6-11-23(21)26)32(30,31)22-14-12-18(2)13-15-22/h5-15H,4,16-17H2,1-3H3,(H,27,29). The molecule has 0 aliphatic carbocycles. The summed E-state index contributed by atoms with van der Waals surface area (Å²) in [5.74, 6) is -0.406. The number of anilines is 1. The quantitative estimate of drug-likeness (QED) is 0.482. The smallest absolute Gasteiger partial charge is 0.243 e. The van der Waals surface area contributed by atoms with Crippen molar-refractivity contribution >= 4 is 33.2 Å². The van der Waals surface area contributed by atoms with Crippen molar-refractivity contribution in [2.45, 2.75) is 38.6 Å². The summed E-state index contributed by atoms with van der Waals surface area (Å²) in [5, 5.41) is 3.36. The van der Waals surface area contributed by atoms with E-state index in [4.69, 9.17) is 11.6 Å². The number of nitrogens with zero attached hydrogens (tertiary/aromatic N) is 1. The van der Waals surface area contributed by atoms with Gasteiger partial charge in [0.2, 0.25) is 15.9 Å². The van der Waals surface area contributed by atoms with Crippen LogP contribution in [0.1, 0.15) is 29.2 Å². The van der Waals surface area contributed by atoms with E-state index in [0.717, 1.165) is 33.1 Å². The number of carbonyl (C=O) groups is 1. The van der Waals surface area contributed by atoms with E-state index >= 15 is 0 Å². The van der Waals surface area contributed by atoms with Gasteiger partial charge in [0.15, 0.2) is 0 Å². The van der Waals surface area contributed by atoms with Crippen LogP contribution >= 0.6 is 11.6 Å². The lowest BCUT2D eigenvalue weighted by molar-refractivity contribution is -0.116. The normalized spacial score (nSPS) is 11.5. The minimum atomic E-state index is -3.93. The molecule has 7 heteroatoms. The zero-order chi connectivity index (χ0) is 23.3. The van der Waals surface area contributed by atoms with Gasteiger partial charge in [-0.05, 0) is 55.2 Å². The highest BCUT2D eigenvalue weighted by atomic mass is 35.5. The molecule has 3 aromatic rings. The zero-order valence-corrected chi connectivity index (χ0v) is 20.0. The Morgan fingerprint density at radius 2 is 1.59 bits per heavy atom. The van der Waals surface area contributed by atoms with Crippen molar-refractivity contribution in [2.24, 2.45) is 0 Å². The van der Waals surface area contributed by atoms with Crippen LogP contribution in [0.15, 0.2) is 71.6 Å². The van der Waals surface area contributed by atoms with Gasteiger partial charge in [-0.15, -0.1) is 0 Å². The first-order valence-electron chi connectivity index (χ1n) is 10.4. The lowest BCUT2D eigenvalue weighted by Crippen LogP contribution is -2.37. The van der Waals surface area contributed by atoms with Gasteiger partial charge in [-0.1, -0.05) is 72.6 Å². The molecule has 0 unspecified atom stereocenters. The van der Waals surface area contributed by atoms with Crippen LogP contribution in [0.5, 0.6) is 0 Å². The zero-order valence-electron chi connectivity index (χ0n) is 18.4. The number of para-hydroxylation sites is 1. The number of nitrogens with one attached hydrogen (secondary N) is 1. The van der Waals surface area contributed by atoms with Gasteiger partial charge in [0.1, 0.15) is 0 Å². The molecule has 3 rings (SSSR count). The van der Waals surface area contributed by atoms with Crippen molar-refractivity contribution in [3.05, 3.63) is 94.0 Å². The maximum Gasteiger partial charge on any atom is 0.243 e. The van der Waals surface area contributed by atoms with Gasteiger partial charge in [0, 0.05) is 17.3 Å². The maximum atomic E-state index is 13.4. The predicted molar refractivity (Wildman–Crippen MR) is 129 cm³/mol. The van der Waals surface area contributed by atoms with E-state index < -0.39 is 15.9 Å². The van der Waals surface area contributed by atoms with E-state index in [1.807, 2.05) is 39.0 Å². The highest BCUT2D eigenvalue weighted by Crippen LogP contribution is 2.24. The van der Waals surface area contributed by atoms with Crippen LogP contribution in [-0.2, 0) is 27.8 Å². The highest BCUT2D eigenvalue weighted by Gasteiger charge is 2.28. The Kier molecular flexibility index (Phi) is 7.72. The number of carbonyl (C=O) groups excluding carboxylic acids is 1. The fraction of sp³-hybridized carbons (Fsp3) is 0.240. The van der Waals surface area contributed by atoms with Crippen molar-refractivity contribution in [1.29, 1.82) is 0 Å². The minimum Gasteiger partial charge on any atom is -0.324 e. The molecule has 0 fully saturated rings. The summed E-state index contributed by atoms with van der Waals surface area (Å²) in [6.45, 7) is 5.46. The Hall–Kier alpha value is -2.67. The first kappa shape index (κ1) is 24.0. The number of rotatable bonds is 8. The Balaban J connectivity index is 1.93. The molecule has 3 aromatic carbocycles. The molecule has 1 amide bonds. The average molecular weight is 471 g/mol. The topological polar surface area (TPSA) is 66.5 Å². The van der Waals surface area contributed by atoms with Gasteiger partial charge >= 0.3 is 0 Å². The van der Waals surface area contributed by atoms with Crippen LogP contribution in [0.2, 0.25) is 5.02 Å². The molecule has 1 N–H and O–H groups in total. The molecule has 0 spiro atoms. The molecule has 5 nitrogen and oxygen atoms in total. The van der Waals surface area contributed by atoms with E-state index in [1.165, 1.54) is 0 Å². The van der Waals surface area contributed by atoms with Gasteiger partial charge in [-0.3, -0.25) is 4.79 Å². The Labute approximate surface area is 195 Å². The first-order chi connectivity index (χ1) is 15.2. The van der Waals surface area contributed by atoms with Gasteiger partial charge in [-0.25, -0.2) is 8.42 Å². The number of hydrogen-bond donors (Lipinski definition) is 1. The Morgan fingerprint density at radius 1 is 0.938 bits per heavy atom. The third-order valence-electron chi connectivity index (χ3n) is 5.29. The molecule has 168 valence electrons. The van der Waals surface area contributed by atoms with Crippen molar-refractivity contribution in [2.75, 3.05) is 11.9 Å². The molecule has 0 atom stereocenters. The molecule has 0 saturated carbocycles. The third-order valence-corrected chi connectivity index (χ3v) is 7.46. The van der Waals surface area contributed by atoms with Crippen LogP contribution in [0.3, 0.4) is 0 Å². The molecule has 0 heterocycles. The molecule has 32 heavy (non-hydrogen) atoms. The molecular weight excluding hydrogens is 444 g/mol. The average Bonchev–Trinajstić information content (AvgIpc) is 2.76. The lowest BCUT2D eigenvalue weighted by Gasteiger charge is -2.23. The van der Waals surface area contributed by atoms with Crippen molar-refractivity contribution < 1.29 is 13.2 Å². The predicted octanol–water partition coefficient (Wildman–Crippen LogP) is 5.35. The Bertz CT molecular complexity index is 1210. The second-order valence-electron chi connectivity index (χ2n) is 7.69. The second-order valence-corrected chi connectivity index (χ2v) is 10.0. The molecule has 0 radical (unpaired) electrons. The monoisotopic (exact) mass is 470 g/mol. The SMILES string of the molecule is CCc1cccc(C)c1NC(=O)CN(Cc1ccccc1Cl)S(=O)(=O)c1ccc(C)cc1. The summed E-state index contributed by atoms with van der Waals surface area (Å²) >= 11 is 6.29. The van der Waals surface area contributed by atoms with E-state index in [0.29, 0.717) is 10.6 Å². The van der Waals surface area contributed by atoms with Crippen molar-refractivity contribution in [1.82, 2.24) is 4.31 Å². The van der Waals surface area contributed by atoms with Crippen LogP contribution in [-0.4, -0.2) is 25.2 Å². The number of hydrogen-bond acceptors (Lipinski definition) is 3. The van der Waals surface area contributed by atoms with Crippen LogP contribution in [0.25, 0.3) is 0 Å². The largest absolute Gasteiger partial charge is 0.324 e. The number of aryl methyl sites for hydroxylation is 3. The number of halogens is 1. The third kappa shape index (κ3) is 5.57. The Morgan fingerprint density at radius 3 is 2.25 bits per heavy atom. The van der Waals surface area contributed by atoms with Crippen molar-refractivity contribution in [3.63, 3.8) is 0 Å². The molecule has 0 aliphatic rings. The van der Waals surface area contributed by atoms with E-state index in [1.54, 1.807) is 48.5 Å². The molecule has 0 aromatic heterocycles. The first-order valence-corrected chi connectivity index (χ1v) is 12.2. The summed E-state index contributed by atoms with van der Waals surface area (Å²) in [4.78, 5) is 13.1. The van der Waals surface area contributed by atoms with Crippen LogP contribution in [0.4, 0.5) is 5.69 Å². The van der Waals surface area contributed by atoms with E-state index in [-0.39, 0.29) is 18.0 Å². The fourth-order valence-corrected chi connectivity index (χ4v) is 5.01. The highest BCUT2D eigenvalue weighted by molar-refractivity contribution is 7.89. The summed E-state index contributed by atoms with van der Waals surface area (Å²) in [5.41, 5.74) is 4.23. The summed E-state index contributed by atoms with van der Waals surface area (Å²) in [6.07, 6.45) is 0.752. The number of benzene rings is 3. The molecule has 0 saturated heterocycles. The van der Waals surface area contributed by atoms with Gasteiger partial charge < -0.3 is 5.32 Å². The van der Waals surface area contributed by atoms with Crippen LogP contribution < -0.4 is 5.32 Å². The van der Waals surface area contributed by atoms with Gasteiger partial charge in [-0.2, -0.15) is 4.31 Å². The van der Waals surface area contributed by atoms with Crippen molar-refractivity contribution in [3.8, 4) is 0 Å². The van der Waals surface area contributed by atoms with Crippen LogP contribution in [0, 0.1) is 13.8 Å². The number of sulfonamides is 1. The van der Waals surface area contributed by atoms with Gasteiger partial charge in [0.25, 0.3) is 0 Å². The number of amides is 1. The summed E-state index contributed by atoms with van der Waals surface area (Å²) < 4.78 is 28.0. The molecule has 0 aliphatic heterocycles. The van der Waals surface area contributed by atoms with E-state index in [9.17, 15) is 13.2 Å². The lowest BCUT2D eigenvalue weighted by atomic mass is 10.1. The maximum absolute atomic E-state index is 13.4. The summed E-state index contributed by atoms with van der Waals surface area (Å²) in [7, 11) is -3.93. The second kappa shape index (κ2) is 10.3.